The number of rotatable bonds is 5. The van der Waals surface area contributed by atoms with Crippen molar-refractivity contribution < 1.29 is 25.0 Å². The van der Waals surface area contributed by atoms with Crippen molar-refractivity contribution in [3.05, 3.63) is 49.6 Å². The quantitative estimate of drug-likeness (QED) is 0.259. The normalized spacial score (nSPS) is 10.7. The predicted molar refractivity (Wildman–Crippen MR) is 108 cm³/mol. The fourth-order valence-electron chi connectivity index (χ4n) is 3.08. The summed E-state index contributed by atoms with van der Waals surface area (Å²) < 4.78 is 5.12. The number of nitro groups is 2. The molecule has 0 spiro atoms. The van der Waals surface area contributed by atoms with Gasteiger partial charge in [-0.25, -0.2) is 0 Å². The first-order chi connectivity index (χ1) is 15.2. The van der Waals surface area contributed by atoms with E-state index in [-0.39, 0.29) is 22.6 Å². The zero-order valence-electron chi connectivity index (χ0n) is 17.2. The van der Waals surface area contributed by atoms with Gasteiger partial charge in [-0.3, -0.25) is 20.2 Å². The van der Waals surface area contributed by atoms with Gasteiger partial charge >= 0.3 is 5.69 Å². The van der Waals surface area contributed by atoms with Gasteiger partial charge in [-0.2, -0.15) is 0 Å². The summed E-state index contributed by atoms with van der Waals surface area (Å²) in [5, 5.41) is 54.5. The van der Waals surface area contributed by atoms with Crippen LogP contribution in [0.2, 0.25) is 0 Å². The van der Waals surface area contributed by atoms with E-state index in [4.69, 9.17) is 4.74 Å². The van der Waals surface area contributed by atoms with E-state index in [0.717, 1.165) is 0 Å². The van der Waals surface area contributed by atoms with E-state index < -0.39 is 9.85 Å². The van der Waals surface area contributed by atoms with Crippen LogP contribution in [-0.4, -0.2) is 57.2 Å². The lowest BCUT2D eigenvalue weighted by atomic mass is 10.1. The van der Waals surface area contributed by atoms with Crippen LogP contribution in [0, 0.1) is 27.2 Å². The van der Waals surface area contributed by atoms with Crippen LogP contribution in [-0.2, 0) is 6.42 Å². The van der Waals surface area contributed by atoms with Crippen molar-refractivity contribution in [2.75, 3.05) is 6.61 Å². The second-order valence-electron chi connectivity index (χ2n) is 6.44. The van der Waals surface area contributed by atoms with Gasteiger partial charge in [0, 0.05) is 12.1 Å². The van der Waals surface area contributed by atoms with E-state index in [2.05, 4.69) is 20.6 Å². The molecule has 0 unspecified atom stereocenters. The number of hydrogen-bond donors (Lipinski definition) is 2. The number of aryl methyl sites for hydroxylation is 2. The zero-order chi connectivity index (χ0) is 23.6. The number of ether oxygens (including phenoxy) is 1. The Labute approximate surface area is 178 Å². The largest absolute Gasteiger partial charge is 0.487 e. The van der Waals surface area contributed by atoms with E-state index in [0.29, 0.717) is 50.4 Å². The molecule has 0 saturated carbocycles. The minimum absolute atomic E-state index is 0.0260. The van der Waals surface area contributed by atoms with Crippen LogP contribution in [0.1, 0.15) is 25.0 Å². The maximum atomic E-state index is 10.8. The van der Waals surface area contributed by atoms with Crippen LogP contribution in [0.15, 0.2) is 18.2 Å². The first-order valence-corrected chi connectivity index (χ1v) is 9.26. The zero-order valence-corrected chi connectivity index (χ0v) is 17.2. The molecule has 0 saturated heterocycles. The molecule has 0 bridgehead atoms. The van der Waals surface area contributed by atoms with Gasteiger partial charge in [0.25, 0.3) is 5.69 Å². The van der Waals surface area contributed by atoms with Crippen LogP contribution >= 0.6 is 0 Å². The molecular formula is C17H18N8O7. The van der Waals surface area contributed by atoms with Crippen molar-refractivity contribution in [3.8, 4) is 5.75 Å². The van der Waals surface area contributed by atoms with E-state index in [1.54, 1.807) is 13.8 Å². The fourth-order valence-corrected chi connectivity index (χ4v) is 3.08. The number of fused-ring (bicyclic) bond motifs is 2. The molecule has 15 heteroatoms. The third kappa shape index (κ3) is 3.90. The maximum Gasteiger partial charge on any atom is 0.313 e. The molecule has 4 rings (SSSR count). The number of benzene rings is 2. The van der Waals surface area contributed by atoms with Gasteiger partial charge in [-0.1, -0.05) is 16.6 Å². The van der Waals surface area contributed by atoms with Gasteiger partial charge in [-0.05, 0) is 36.3 Å². The van der Waals surface area contributed by atoms with Crippen molar-refractivity contribution in [3.63, 3.8) is 0 Å². The van der Waals surface area contributed by atoms with Crippen LogP contribution in [0.25, 0.3) is 22.1 Å². The van der Waals surface area contributed by atoms with Crippen LogP contribution < -0.4 is 4.74 Å². The Balaban J connectivity index is 0.000000181. The van der Waals surface area contributed by atoms with Crippen molar-refractivity contribution in [1.29, 1.82) is 0 Å². The summed E-state index contributed by atoms with van der Waals surface area (Å²) in [5.74, 6) is 0.112. The summed E-state index contributed by atoms with van der Waals surface area (Å²) in [4.78, 5) is 21.6. The number of hydrogen-bond acceptors (Lipinski definition) is 11. The number of nitro benzene ring substituents is 2. The molecule has 2 N–H and O–H groups in total. The fraction of sp³-hybridized carbons (Fsp3) is 0.294. The summed E-state index contributed by atoms with van der Waals surface area (Å²) in [5.41, 5.74) is 2.11. The standard InChI is InChI=1S/C9H10N4O3.C8H8N4O4/c1-3-6-4-7(13(15)16)5(2)9-8(6)10-11-12(9)14;1-2-16-8-3-5-6(11(13)10-9-5)4-7(8)12(14)15/h4,14H,3H2,1-2H3;3-4,13H,2H2,1H3. The Morgan fingerprint density at radius 2 is 1.66 bits per heavy atom. The molecule has 168 valence electrons. The Bertz CT molecular complexity index is 1330. The second-order valence-corrected chi connectivity index (χ2v) is 6.44. The Morgan fingerprint density at radius 3 is 2.25 bits per heavy atom. The molecule has 0 aliphatic heterocycles. The third-order valence-electron chi connectivity index (χ3n) is 4.59. The highest BCUT2D eigenvalue weighted by molar-refractivity contribution is 5.85. The summed E-state index contributed by atoms with van der Waals surface area (Å²) in [6, 6.07) is 4.02. The third-order valence-corrected chi connectivity index (χ3v) is 4.59. The molecule has 2 aromatic heterocycles. The van der Waals surface area contributed by atoms with Gasteiger partial charge < -0.3 is 15.2 Å². The minimum atomic E-state index is -0.586. The highest BCUT2D eigenvalue weighted by Gasteiger charge is 2.21. The molecule has 4 aromatic rings. The lowest BCUT2D eigenvalue weighted by molar-refractivity contribution is -0.385. The molecule has 32 heavy (non-hydrogen) atoms. The molecule has 0 aliphatic rings. The molecule has 2 aromatic carbocycles. The molecule has 0 atom stereocenters. The smallest absolute Gasteiger partial charge is 0.313 e. The van der Waals surface area contributed by atoms with Gasteiger partial charge in [-0.15, -0.1) is 10.2 Å². The van der Waals surface area contributed by atoms with Gasteiger partial charge in [0.1, 0.15) is 22.1 Å². The van der Waals surface area contributed by atoms with E-state index in [1.807, 2.05) is 6.92 Å². The Morgan fingerprint density at radius 1 is 1.00 bits per heavy atom. The average Bonchev–Trinajstić information content (AvgIpc) is 3.31. The van der Waals surface area contributed by atoms with Gasteiger partial charge in [0.2, 0.25) is 0 Å². The van der Waals surface area contributed by atoms with Crippen LogP contribution in [0.5, 0.6) is 5.75 Å². The second kappa shape index (κ2) is 8.66. The molecule has 0 amide bonds. The van der Waals surface area contributed by atoms with Crippen LogP contribution in [0.4, 0.5) is 11.4 Å². The highest BCUT2D eigenvalue weighted by atomic mass is 16.6. The lowest BCUT2D eigenvalue weighted by Crippen LogP contribution is -1.99. The number of aromatic nitrogens is 6. The van der Waals surface area contributed by atoms with Gasteiger partial charge in [0.15, 0.2) is 5.75 Å². The van der Waals surface area contributed by atoms with E-state index in [9.17, 15) is 30.6 Å². The van der Waals surface area contributed by atoms with Gasteiger partial charge in [0.05, 0.1) is 28.1 Å². The number of nitrogens with zero attached hydrogens (tertiary/aromatic N) is 8. The molecular weight excluding hydrogens is 428 g/mol. The summed E-state index contributed by atoms with van der Waals surface area (Å²) in [6.45, 7) is 5.45. The Hall–Kier alpha value is -4.56. The lowest BCUT2D eigenvalue weighted by Gasteiger charge is -2.03. The molecule has 0 aliphatic carbocycles. The molecule has 15 nitrogen and oxygen atoms in total. The maximum absolute atomic E-state index is 10.8. The predicted octanol–water partition coefficient (Wildman–Crippen LogP) is 2.42. The van der Waals surface area contributed by atoms with Crippen molar-refractivity contribution in [2.45, 2.75) is 27.2 Å². The molecule has 2 heterocycles. The monoisotopic (exact) mass is 446 g/mol. The first kappa shape index (κ1) is 22.1. The average molecular weight is 446 g/mol. The van der Waals surface area contributed by atoms with E-state index in [1.165, 1.54) is 18.2 Å². The summed E-state index contributed by atoms with van der Waals surface area (Å²) >= 11 is 0. The molecule has 0 radical (unpaired) electrons. The Kier molecular flexibility index (Phi) is 5.99. The minimum Gasteiger partial charge on any atom is -0.487 e. The summed E-state index contributed by atoms with van der Waals surface area (Å²) in [7, 11) is 0. The topological polar surface area (TPSA) is 197 Å². The van der Waals surface area contributed by atoms with E-state index >= 15 is 0 Å². The van der Waals surface area contributed by atoms with Crippen molar-refractivity contribution in [1.82, 2.24) is 30.3 Å². The summed E-state index contributed by atoms with van der Waals surface area (Å²) in [6.07, 6.45) is 0.594. The van der Waals surface area contributed by atoms with Crippen LogP contribution in [0.3, 0.4) is 0 Å². The van der Waals surface area contributed by atoms with Crippen molar-refractivity contribution >= 4 is 33.4 Å². The highest BCUT2D eigenvalue weighted by Crippen LogP contribution is 2.31. The molecule has 0 fully saturated rings. The van der Waals surface area contributed by atoms with Crippen molar-refractivity contribution in [2.24, 2.45) is 0 Å². The SMILES string of the molecule is CCOc1cc2nnn(O)c2cc1[N+](=O)[O-].CCc1cc([N+](=O)[O-])c(C)c2c1nnn2O. The first-order valence-electron chi connectivity index (χ1n) is 9.26.